The van der Waals surface area contributed by atoms with E-state index in [2.05, 4.69) is 24.2 Å². The molecule has 3 rings (SSSR count). The molecule has 0 radical (unpaired) electrons. The molecule has 6 heteroatoms. The van der Waals surface area contributed by atoms with Crippen molar-refractivity contribution in [1.82, 2.24) is 9.78 Å². The summed E-state index contributed by atoms with van der Waals surface area (Å²) in [5.41, 5.74) is 8.73. The zero-order valence-corrected chi connectivity index (χ0v) is 12.1. The highest BCUT2D eigenvalue weighted by Crippen LogP contribution is 2.41. The van der Waals surface area contributed by atoms with Gasteiger partial charge in [-0.1, -0.05) is 31.2 Å². The fraction of sp³-hybridized carbons (Fsp3) is 0.400. The summed E-state index contributed by atoms with van der Waals surface area (Å²) in [5, 5.41) is 15.4. The summed E-state index contributed by atoms with van der Waals surface area (Å²) in [4.78, 5) is 10.7. The number of aryl methyl sites for hydroxylation is 1. The molecule has 1 aromatic heterocycles. The largest absolute Gasteiger partial charge is 0.378 e. The maximum Gasteiger partial charge on any atom is 0.333 e. The van der Waals surface area contributed by atoms with Crippen LogP contribution >= 0.6 is 0 Å². The number of hydrogen-bond donors (Lipinski definition) is 1. The summed E-state index contributed by atoms with van der Waals surface area (Å²) in [7, 11) is 0. The first-order chi connectivity index (χ1) is 10.0. The molecule has 6 nitrogen and oxygen atoms in total. The van der Waals surface area contributed by atoms with E-state index in [4.69, 9.17) is 5.73 Å². The fourth-order valence-electron chi connectivity index (χ4n) is 3.26. The molecular formula is C15H18N4O2. The molecule has 0 saturated heterocycles. The summed E-state index contributed by atoms with van der Waals surface area (Å²) in [6.07, 6.45) is 1.91. The molecule has 2 N–H and O–H groups in total. The first kappa shape index (κ1) is 13.6. The molecule has 2 unspecified atom stereocenters. The van der Waals surface area contributed by atoms with Gasteiger partial charge in [0, 0.05) is 0 Å². The van der Waals surface area contributed by atoms with Gasteiger partial charge in [0.25, 0.3) is 0 Å². The highest BCUT2D eigenvalue weighted by molar-refractivity contribution is 5.57. The number of rotatable bonds is 2. The van der Waals surface area contributed by atoms with Crippen LogP contribution in [0.5, 0.6) is 0 Å². The number of aromatic nitrogens is 2. The molecule has 0 saturated carbocycles. The van der Waals surface area contributed by atoms with Crippen molar-refractivity contribution >= 4 is 11.5 Å². The Kier molecular flexibility index (Phi) is 3.16. The molecule has 21 heavy (non-hydrogen) atoms. The van der Waals surface area contributed by atoms with E-state index in [0.29, 0.717) is 11.6 Å². The smallest absolute Gasteiger partial charge is 0.333 e. The number of anilines is 1. The molecule has 2 aromatic rings. The average Bonchev–Trinajstić information content (AvgIpc) is 2.75. The molecule has 0 spiro atoms. The van der Waals surface area contributed by atoms with Crippen LogP contribution in [0.15, 0.2) is 24.3 Å². The second-order valence-corrected chi connectivity index (χ2v) is 5.64. The Labute approximate surface area is 122 Å². The zero-order valence-electron chi connectivity index (χ0n) is 12.1. The molecule has 110 valence electrons. The Hall–Kier alpha value is -2.37. The van der Waals surface area contributed by atoms with Crippen molar-refractivity contribution in [3.8, 4) is 0 Å². The summed E-state index contributed by atoms with van der Waals surface area (Å²) in [6.45, 7) is 3.83. The third kappa shape index (κ3) is 2.07. The minimum absolute atomic E-state index is 0.0233. The Bertz CT molecular complexity index is 708. The van der Waals surface area contributed by atoms with Gasteiger partial charge in [0.1, 0.15) is 5.69 Å². The second-order valence-electron chi connectivity index (χ2n) is 5.64. The van der Waals surface area contributed by atoms with Gasteiger partial charge in [0.15, 0.2) is 0 Å². The van der Waals surface area contributed by atoms with Crippen molar-refractivity contribution in [2.75, 3.05) is 5.73 Å². The summed E-state index contributed by atoms with van der Waals surface area (Å²) in [6, 6.07) is 8.18. The molecule has 1 heterocycles. The van der Waals surface area contributed by atoms with Crippen LogP contribution in [0.1, 0.15) is 48.5 Å². The van der Waals surface area contributed by atoms with Gasteiger partial charge in [-0.15, -0.1) is 0 Å². The quantitative estimate of drug-likeness (QED) is 0.678. The van der Waals surface area contributed by atoms with Gasteiger partial charge in [0.2, 0.25) is 5.82 Å². The Morgan fingerprint density at radius 3 is 2.62 bits per heavy atom. The van der Waals surface area contributed by atoms with E-state index in [9.17, 15) is 10.1 Å². The van der Waals surface area contributed by atoms with E-state index in [-0.39, 0.29) is 17.5 Å². The lowest BCUT2D eigenvalue weighted by Gasteiger charge is -2.30. The SMILES string of the molecule is Cc1nn(C2CCC(C)c3ccccc32)c(N)c1[N+](=O)[O-]. The predicted octanol–water partition coefficient (Wildman–Crippen LogP) is 3.17. The molecular weight excluding hydrogens is 268 g/mol. The zero-order chi connectivity index (χ0) is 15.1. The minimum Gasteiger partial charge on any atom is -0.378 e. The summed E-state index contributed by atoms with van der Waals surface area (Å²) in [5.74, 6) is 0.636. The van der Waals surface area contributed by atoms with E-state index in [1.807, 2.05) is 12.1 Å². The van der Waals surface area contributed by atoms with Crippen molar-refractivity contribution in [2.45, 2.75) is 38.6 Å². The van der Waals surface area contributed by atoms with E-state index >= 15 is 0 Å². The molecule has 0 aliphatic heterocycles. The predicted molar refractivity (Wildman–Crippen MR) is 80.3 cm³/mol. The summed E-state index contributed by atoms with van der Waals surface area (Å²) >= 11 is 0. The average molecular weight is 286 g/mol. The maximum absolute atomic E-state index is 11.1. The lowest BCUT2D eigenvalue weighted by atomic mass is 9.81. The minimum atomic E-state index is -0.453. The van der Waals surface area contributed by atoms with Gasteiger partial charge < -0.3 is 5.73 Å². The third-order valence-corrected chi connectivity index (χ3v) is 4.33. The van der Waals surface area contributed by atoms with Crippen LogP contribution in [0, 0.1) is 17.0 Å². The number of fused-ring (bicyclic) bond motifs is 1. The van der Waals surface area contributed by atoms with Crippen LogP contribution in [0.3, 0.4) is 0 Å². The Balaban J connectivity index is 2.13. The van der Waals surface area contributed by atoms with Crippen LogP contribution in [0.4, 0.5) is 11.5 Å². The molecule has 1 aliphatic rings. The molecule has 1 aromatic carbocycles. The molecule has 0 bridgehead atoms. The van der Waals surface area contributed by atoms with Crippen molar-refractivity contribution in [2.24, 2.45) is 0 Å². The number of nitrogens with zero attached hydrogens (tertiary/aromatic N) is 3. The monoisotopic (exact) mass is 286 g/mol. The lowest BCUT2D eigenvalue weighted by molar-refractivity contribution is -0.384. The van der Waals surface area contributed by atoms with E-state index in [1.54, 1.807) is 11.6 Å². The van der Waals surface area contributed by atoms with Gasteiger partial charge >= 0.3 is 5.69 Å². The van der Waals surface area contributed by atoms with Gasteiger partial charge in [0.05, 0.1) is 11.0 Å². The van der Waals surface area contributed by atoms with E-state index in [1.165, 1.54) is 11.1 Å². The molecule has 2 atom stereocenters. The normalized spacial score (nSPS) is 21.0. The van der Waals surface area contributed by atoms with E-state index in [0.717, 1.165) is 12.8 Å². The van der Waals surface area contributed by atoms with Gasteiger partial charge in [-0.3, -0.25) is 10.1 Å². The number of nitro groups is 1. The van der Waals surface area contributed by atoms with Crippen LogP contribution in [0.2, 0.25) is 0 Å². The highest BCUT2D eigenvalue weighted by Gasteiger charge is 2.31. The van der Waals surface area contributed by atoms with Gasteiger partial charge in [-0.05, 0) is 36.8 Å². The van der Waals surface area contributed by atoms with Gasteiger partial charge in [-0.2, -0.15) is 5.10 Å². The van der Waals surface area contributed by atoms with E-state index < -0.39 is 4.92 Å². The molecule has 1 aliphatic carbocycles. The first-order valence-corrected chi connectivity index (χ1v) is 7.08. The lowest BCUT2D eigenvalue weighted by Crippen LogP contribution is -2.21. The topological polar surface area (TPSA) is 87.0 Å². The summed E-state index contributed by atoms with van der Waals surface area (Å²) < 4.78 is 1.62. The Morgan fingerprint density at radius 1 is 1.33 bits per heavy atom. The number of hydrogen-bond acceptors (Lipinski definition) is 4. The van der Waals surface area contributed by atoms with Gasteiger partial charge in [-0.25, -0.2) is 4.68 Å². The van der Waals surface area contributed by atoms with Crippen molar-refractivity contribution in [1.29, 1.82) is 0 Å². The molecule has 0 amide bonds. The van der Waals surface area contributed by atoms with Crippen LogP contribution in [-0.2, 0) is 0 Å². The van der Waals surface area contributed by atoms with Crippen LogP contribution < -0.4 is 5.73 Å². The van der Waals surface area contributed by atoms with Crippen LogP contribution in [-0.4, -0.2) is 14.7 Å². The third-order valence-electron chi connectivity index (χ3n) is 4.33. The fourth-order valence-corrected chi connectivity index (χ4v) is 3.26. The highest BCUT2D eigenvalue weighted by atomic mass is 16.6. The number of nitrogen functional groups attached to an aromatic ring is 1. The maximum atomic E-state index is 11.1. The van der Waals surface area contributed by atoms with Crippen LogP contribution in [0.25, 0.3) is 0 Å². The standard InChI is InChI=1S/C15H18N4O2/c1-9-7-8-13(12-6-4-3-5-11(9)12)18-15(16)14(19(20)21)10(2)17-18/h3-6,9,13H,7-8,16H2,1-2H3. The van der Waals surface area contributed by atoms with Crippen molar-refractivity contribution < 1.29 is 4.92 Å². The molecule has 0 fully saturated rings. The number of nitrogens with two attached hydrogens (primary N) is 1. The Morgan fingerprint density at radius 2 is 2.00 bits per heavy atom. The van der Waals surface area contributed by atoms with Crippen molar-refractivity contribution in [3.63, 3.8) is 0 Å². The second kappa shape index (κ2) is 4.87. The number of benzene rings is 1. The first-order valence-electron chi connectivity index (χ1n) is 7.08. The van der Waals surface area contributed by atoms with Crippen molar-refractivity contribution in [3.05, 3.63) is 51.2 Å².